The molecule has 0 unspecified atom stereocenters. The largest absolute Gasteiger partial charge is 0.397 e. The Morgan fingerprint density at radius 1 is 0.938 bits per heavy atom. The van der Waals surface area contributed by atoms with E-state index in [9.17, 15) is 0 Å². The van der Waals surface area contributed by atoms with Gasteiger partial charge in [-0.05, 0) is 12.1 Å². The van der Waals surface area contributed by atoms with E-state index in [1.165, 1.54) is 0 Å². The molecular formula is C13H11ClN2. The minimum absolute atomic E-state index is 0.443. The molecular weight excluding hydrogens is 220 g/mol. The van der Waals surface area contributed by atoms with Crippen LogP contribution in [-0.2, 0) is 0 Å². The summed E-state index contributed by atoms with van der Waals surface area (Å²) in [5.41, 5.74) is 7.98. The molecule has 0 amide bonds. The van der Waals surface area contributed by atoms with E-state index in [2.05, 4.69) is 4.99 Å². The molecule has 0 aliphatic heterocycles. The summed E-state index contributed by atoms with van der Waals surface area (Å²) in [6.07, 6.45) is 0. The smallest absolute Gasteiger partial charge is 0.137 e. The molecule has 2 aromatic carbocycles. The zero-order valence-corrected chi connectivity index (χ0v) is 9.35. The average molecular weight is 231 g/mol. The molecule has 0 saturated carbocycles. The van der Waals surface area contributed by atoms with Crippen LogP contribution < -0.4 is 5.73 Å². The predicted octanol–water partition coefficient (Wildman–Crippen LogP) is 3.59. The van der Waals surface area contributed by atoms with Gasteiger partial charge < -0.3 is 5.73 Å². The van der Waals surface area contributed by atoms with Crippen LogP contribution in [0.3, 0.4) is 0 Å². The van der Waals surface area contributed by atoms with Crippen molar-refractivity contribution >= 4 is 28.1 Å². The predicted molar refractivity (Wildman–Crippen MR) is 69.3 cm³/mol. The fourth-order valence-corrected chi connectivity index (χ4v) is 1.55. The minimum atomic E-state index is 0.443. The number of halogens is 1. The summed E-state index contributed by atoms with van der Waals surface area (Å²) in [7, 11) is 0. The van der Waals surface area contributed by atoms with Crippen molar-refractivity contribution in [3.63, 3.8) is 0 Å². The molecule has 3 heteroatoms. The third kappa shape index (κ3) is 2.41. The first-order valence-corrected chi connectivity index (χ1v) is 5.29. The fourth-order valence-electron chi connectivity index (χ4n) is 1.34. The molecule has 2 N–H and O–H groups in total. The number of nitrogen functional groups attached to an aromatic ring is 1. The molecule has 0 bridgehead atoms. The summed E-state index contributed by atoms with van der Waals surface area (Å²) in [5.74, 6) is 0. The molecule has 2 nitrogen and oxygen atoms in total. The second-order valence-electron chi connectivity index (χ2n) is 3.33. The highest BCUT2D eigenvalue weighted by molar-refractivity contribution is 6.69. The number of nitrogens with zero attached hydrogens (tertiary/aromatic N) is 1. The number of nitrogens with two attached hydrogens (primary N) is 1. The van der Waals surface area contributed by atoms with Crippen molar-refractivity contribution < 1.29 is 0 Å². The van der Waals surface area contributed by atoms with Gasteiger partial charge in [0.15, 0.2) is 0 Å². The lowest BCUT2D eigenvalue weighted by Gasteiger charge is -2.01. The van der Waals surface area contributed by atoms with Crippen molar-refractivity contribution in [3.8, 4) is 0 Å². The maximum Gasteiger partial charge on any atom is 0.137 e. The molecule has 0 aromatic heterocycles. The number of benzene rings is 2. The second kappa shape index (κ2) is 4.81. The SMILES string of the molecule is Nc1ccccc1/N=C(/Cl)c1ccccc1. The first kappa shape index (κ1) is 10.7. The van der Waals surface area contributed by atoms with Crippen LogP contribution in [0.4, 0.5) is 11.4 Å². The number of para-hydroxylation sites is 2. The van der Waals surface area contributed by atoms with Crippen molar-refractivity contribution in [2.24, 2.45) is 4.99 Å². The number of anilines is 1. The van der Waals surface area contributed by atoms with E-state index in [0.29, 0.717) is 16.5 Å². The van der Waals surface area contributed by atoms with Crippen LogP contribution >= 0.6 is 11.6 Å². The van der Waals surface area contributed by atoms with Gasteiger partial charge in [-0.25, -0.2) is 4.99 Å². The standard InChI is InChI=1S/C13H11ClN2/c14-13(10-6-2-1-3-7-10)16-12-9-5-4-8-11(12)15/h1-9H,15H2/b16-13+. The molecule has 80 valence electrons. The van der Waals surface area contributed by atoms with Crippen LogP contribution in [0.2, 0.25) is 0 Å². The van der Waals surface area contributed by atoms with E-state index in [4.69, 9.17) is 17.3 Å². The Labute approximate surface area is 99.4 Å². The summed E-state index contributed by atoms with van der Waals surface area (Å²) in [6, 6.07) is 17.0. The van der Waals surface area contributed by atoms with Gasteiger partial charge in [0.1, 0.15) is 5.17 Å². The van der Waals surface area contributed by atoms with E-state index in [1.54, 1.807) is 6.07 Å². The molecule has 0 spiro atoms. The van der Waals surface area contributed by atoms with Gasteiger partial charge in [-0.2, -0.15) is 0 Å². The highest BCUT2D eigenvalue weighted by atomic mass is 35.5. The normalized spacial score (nSPS) is 11.4. The molecule has 16 heavy (non-hydrogen) atoms. The first-order valence-electron chi connectivity index (χ1n) is 4.91. The molecule has 0 aliphatic rings. The third-order valence-corrected chi connectivity index (χ3v) is 2.47. The van der Waals surface area contributed by atoms with Gasteiger partial charge in [-0.3, -0.25) is 0 Å². The highest BCUT2D eigenvalue weighted by Crippen LogP contribution is 2.22. The van der Waals surface area contributed by atoms with Crippen LogP contribution in [-0.4, -0.2) is 5.17 Å². The zero-order valence-electron chi connectivity index (χ0n) is 8.60. The number of hydrogen-bond donors (Lipinski definition) is 1. The topological polar surface area (TPSA) is 38.4 Å². The monoisotopic (exact) mass is 230 g/mol. The Morgan fingerprint density at radius 2 is 1.56 bits per heavy atom. The Bertz CT molecular complexity index is 506. The van der Waals surface area contributed by atoms with E-state index >= 15 is 0 Å². The van der Waals surface area contributed by atoms with Crippen LogP contribution in [0.15, 0.2) is 59.6 Å². The summed E-state index contributed by atoms with van der Waals surface area (Å²) >= 11 is 6.11. The maximum absolute atomic E-state index is 6.11. The molecule has 0 fully saturated rings. The third-order valence-electron chi connectivity index (χ3n) is 2.17. The quantitative estimate of drug-likeness (QED) is 0.622. The van der Waals surface area contributed by atoms with Crippen LogP contribution in [0.1, 0.15) is 5.56 Å². The van der Waals surface area contributed by atoms with Crippen molar-refractivity contribution in [1.82, 2.24) is 0 Å². The van der Waals surface area contributed by atoms with Crippen molar-refractivity contribution in [3.05, 3.63) is 60.2 Å². The maximum atomic E-state index is 6.11. The van der Waals surface area contributed by atoms with E-state index in [-0.39, 0.29) is 0 Å². The van der Waals surface area contributed by atoms with Gasteiger partial charge in [-0.1, -0.05) is 54.1 Å². The van der Waals surface area contributed by atoms with E-state index < -0.39 is 0 Å². The average Bonchev–Trinajstić information content (AvgIpc) is 2.33. The van der Waals surface area contributed by atoms with Crippen molar-refractivity contribution in [1.29, 1.82) is 0 Å². The molecule has 2 aromatic rings. The van der Waals surface area contributed by atoms with Crippen LogP contribution in [0.25, 0.3) is 0 Å². The molecule has 2 rings (SSSR count). The van der Waals surface area contributed by atoms with Gasteiger partial charge >= 0.3 is 0 Å². The molecule has 0 heterocycles. The Morgan fingerprint density at radius 3 is 2.25 bits per heavy atom. The Kier molecular flexibility index (Phi) is 3.22. The van der Waals surface area contributed by atoms with Crippen LogP contribution in [0.5, 0.6) is 0 Å². The summed E-state index contributed by atoms with van der Waals surface area (Å²) < 4.78 is 0. The van der Waals surface area contributed by atoms with Crippen molar-refractivity contribution in [2.75, 3.05) is 5.73 Å². The molecule has 0 saturated heterocycles. The van der Waals surface area contributed by atoms with Gasteiger partial charge in [-0.15, -0.1) is 0 Å². The van der Waals surface area contributed by atoms with E-state index in [0.717, 1.165) is 5.56 Å². The van der Waals surface area contributed by atoms with E-state index in [1.807, 2.05) is 48.5 Å². The fraction of sp³-hybridized carbons (Fsp3) is 0. The van der Waals surface area contributed by atoms with Crippen LogP contribution in [0, 0.1) is 0 Å². The lowest BCUT2D eigenvalue weighted by molar-refractivity contribution is 1.51. The highest BCUT2D eigenvalue weighted by Gasteiger charge is 2.00. The number of rotatable bonds is 2. The Balaban J connectivity index is 2.36. The zero-order chi connectivity index (χ0) is 11.4. The summed E-state index contributed by atoms with van der Waals surface area (Å²) in [4.78, 5) is 4.29. The summed E-state index contributed by atoms with van der Waals surface area (Å²) in [5, 5.41) is 0.443. The molecule has 0 radical (unpaired) electrons. The van der Waals surface area contributed by atoms with Gasteiger partial charge in [0, 0.05) is 5.56 Å². The van der Waals surface area contributed by atoms with Gasteiger partial charge in [0.25, 0.3) is 0 Å². The minimum Gasteiger partial charge on any atom is -0.397 e. The van der Waals surface area contributed by atoms with Gasteiger partial charge in [0.2, 0.25) is 0 Å². The second-order valence-corrected chi connectivity index (χ2v) is 3.69. The lowest BCUT2D eigenvalue weighted by Crippen LogP contribution is -1.91. The Hall–Kier alpha value is -1.80. The molecule has 0 aliphatic carbocycles. The lowest BCUT2D eigenvalue weighted by atomic mass is 10.2. The first-order chi connectivity index (χ1) is 7.77. The van der Waals surface area contributed by atoms with Gasteiger partial charge in [0.05, 0.1) is 11.4 Å². The molecule has 0 atom stereocenters. The number of hydrogen-bond acceptors (Lipinski definition) is 2. The van der Waals surface area contributed by atoms with Crippen molar-refractivity contribution in [2.45, 2.75) is 0 Å². The summed E-state index contributed by atoms with van der Waals surface area (Å²) in [6.45, 7) is 0. The number of aliphatic imine (C=N–C) groups is 1.